The number of rotatable bonds is 17. The Hall–Kier alpha value is -5.71. The number of methoxy groups -OCH3 is 2. The molecule has 0 radical (unpaired) electrons. The highest BCUT2D eigenvalue weighted by atomic mass is 32.2. The molecule has 1 rings (SSSR count). The summed E-state index contributed by atoms with van der Waals surface area (Å²) in [5, 5.41) is 25.0. The molecule has 1 aromatic carbocycles. The maximum absolute atomic E-state index is 12.0. The summed E-state index contributed by atoms with van der Waals surface area (Å²) in [5.74, 6) is -3.31. The summed E-state index contributed by atoms with van der Waals surface area (Å²) >= 11 is 6.67. The van der Waals surface area contributed by atoms with Crippen LogP contribution in [-0.4, -0.2) is 119 Å². The number of thioether (sulfide) groups is 1. The van der Waals surface area contributed by atoms with Crippen molar-refractivity contribution in [3.8, 4) is 12.1 Å². The number of azo groups is 1. The van der Waals surface area contributed by atoms with Crippen molar-refractivity contribution in [3.05, 3.63) is 60.0 Å². The molecule has 0 aliphatic rings. The second-order valence-corrected chi connectivity index (χ2v) is 15.8. The van der Waals surface area contributed by atoms with Gasteiger partial charge >= 0.3 is 29.5 Å². The first-order valence-electron chi connectivity index (χ1n) is 18.5. The molecule has 17 nitrogen and oxygen atoms in total. The standard InChI is InChI=1S/C12H21NO5.C11H11NS2.C10H15NO5.C8H12N4/c1-5-9(3)12(16)13(7-10(14)17-4)8-11(15)18-6-2;1-11(2,8-12)14-10(13)9-6-4-3-5-7-9;1-4-8(12)11(6-9(13)15-3)7-10(14)16-5-2;1-7(2,6-9)11-12-8(3,4)10-5/h9H,5-8H2,1-4H3;3-7H,1-2H3;4H,1,5-7H2,2-3H3;1-4H3. The minimum Gasteiger partial charge on any atom is -0.468 e. The highest BCUT2D eigenvalue weighted by molar-refractivity contribution is 8.24. The molecule has 0 N–H and O–H groups in total. The van der Waals surface area contributed by atoms with Gasteiger partial charge in [-0.2, -0.15) is 15.6 Å². The molecule has 2 amide bonds. The van der Waals surface area contributed by atoms with Gasteiger partial charge in [-0.15, -0.1) is 5.11 Å². The van der Waals surface area contributed by atoms with Crippen molar-refractivity contribution < 1.29 is 47.7 Å². The maximum Gasteiger partial charge on any atom is 0.335 e. The van der Waals surface area contributed by atoms with Gasteiger partial charge in [-0.25, -0.2) is 6.57 Å². The zero-order valence-electron chi connectivity index (χ0n) is 36.7. The largest absolute Gasteiger partial charge is 0.468 e. The zero-order chi connectivity index (χ0) is 47.1. The van der Waals surface area contributed by atoms with Crippen LogP contribution < -0.4 is 0 Å². The second-order valence-electron chi connectivity index (χ2n) is 13.5. The van der Waals surface area contributed by atoms with Gasteiger partial charge in [-0.3, -0.25) is 33.6 Å². The zero-order valence-corrected chi connectivity index (χ0v) is 38.4. The number of hydrogen-bond acceptors (Lipinski definition) is 16. The fourth-order valence-electron chi connectivity index (χ4n) is 3.38. The number of carbonyl (C=O) groups excluding carboxylic acids is 6. The van der Waals surface area contributed by atoms with Gasteiger partial charge in [0.25, 0.3) is 0 Å². The van der Waals surface area contributed by atoms with Crippen LogP contribution >= 0.6 is 24.0 Å². The molecule has 330 valence electrons. The molecule has 0 aliphatic carbocycles. The van der Waals surface area contributed by atoms with E-state index in [2.05, 4.69) is 41.9 Å². The van der Waals surface area contributed by atoms with Crippen molar-refractivity contribution in [2.24, 2.45) is 16.1 Å². The van der Waals surface area contributed by atoms with Crippen LogP contribution in [0.15, 0.2) is 53.2 Å². The van der Waals surface area contributed by atoms with Crippen LogP contribution in [0.1, 0.15) is 81.2 Å². The Morgan fingerprint density at radius 2 is 1.28 bits per heavy atom. The summed E-state index contributed by atoms with van der Waals surface area (Å²) in [5.41, 5.74) is -0.674. The van der Waals surface area contributed by atoms with Gasteiger partial charge in [0.05, 0.1) is 43.8 Å². The predicted molar refractivity (Wildman–Crippen MR) is 231 cm³/mol. The van der Waals surface area contributed by atoms with Gasteiger partial charge in [-0.1, -0.05) is 74.7 Å². The van der Waals surface area contributed by atoms with Gasteiger partial charge in [0.1, 0.15) is 30.9 Å². The predicted octanol–water partition coefficient (Wildman–Crippen LogP) is 6.13. The average Bonchev–Trinajstić information content (AvgIpc) is 3.22. The fourth-order valence-corrected chi connectivity index (χ4v) is 4.91. The van der Waals surface area contributed by atoms with E-state index in [1.165, 1.54) is 26.0 Å². The first kappa shape index (κ1) is 58.6. The molecule has 0 saturated carbocycles. The molecular formula is C41H59N7O10S2. The van der Waals surface area contributed by atoms with E-state index in [4.69, 9.17) is 34.1 Å². The van der Waals surface area contributed by atoms with Crippen LogP contribution in [0.25, 0.3) is 4.85 Å². The molecule has 60 heavy (non-hydrogen) atoms. The Morgan fingerprint density at radius 3 is 1.67 bits per heavy atom. The Morgan fingerprint density at radius 1 is 0.833 bits per heavy atom. The average molecular weight is 874 g/mol. The lowest BCUT2D eigenvalue weighted by molar-refractivity contribution is -0.154. The maximum atomic E-state index is 12.0. The highest BCUT2D eigenvalue weighted by Crippen LogP contribution is 2.28. The Labute approximate surface area is 364 Å². The number of thiocarbonyl (C=S) groups is 1. The van der Waals surface area contributed by atoms with Crippen LogP contribution in [-0.2, 0) is 47.7 Å². The van der Waals surface area contributed by atoms with Gasteiger partial charge in [-0.05, 0) is 59.6 Å². The lowest BCUT2D eigenvalue weighted by Crippen LogP contribution is -2.42. The number of nitrogens with zero attached hydrogens (tertiary/aromatic N) is 7. The van der Waals surface area contributed by atoms with Crippen molar-refractivity contribution in [2.45, 2.75) is 91.6 Å². The molecule has 0 heterocycles. The quantitative estimate of drug-likeness (QED) is 0.0429. The third-order valence-electron chi connectivity index (χ3n) is 6.90. The van der Waals surface area contributed by atoms with E-state index >= 15 is 0 Å². The van der Waals surface area contributed by atoms with Crippen LogP contribution in [0.4, 0.5) is 0 Å². The molecule has 0 aliphatic heterocycles. The third-order valence-corrected chi connectivity index (χ3v) is 8.40. The first-order valence-corrected chi connectivity index (χ1v) is 19.7. The van der Waals surface area contributed by atoms with Crippen LogP contribution in [0.3, 0.4) is 0 Å². The minimum absolute atomic E-state index is 0.215. The molecule has 0 fully saturated rings. The summed E-state index contributed by atoms with van der Waals surface area (Å²) in [6.45, 7) is 26.7. The lowest BCUT2D eigenvalue weighted by Gasteiger charge is -2.23. The van der Waals surface area contributed by atoms with E-state index in [-0.39, 0.29) is 51.2 Å². The van der Waals surface area contributed by atoms with E-state index in [1.807, 2.05) is 57.2 Å². The topological polar surface area (TPSA) is 222 Å². The molecule has 0 spiro atoms. The molecule has 0 aromatic heterocycles. The Bertz CT molecular complexity index is 1700. The van der Waals surface area contributed by atoms with Crippen LogP contribution in [0.2, 0.25) is 0 Å². The number of carbonyl (C=O) groups is 6. The molecule has 1 aromatic rings. The number of nitriles is 2. The van der Waals surface area contributed by atoms with Crippen molar-refractivity contribution in [3.63, 3.8) is 0 Å². The van der Waals surface area contributed by atoms with Crippen molar-refractivity contribution in [1.29, 1.82) is 10.5 Å². The van der Waals surface area contributed by atoms with Gasteiger partial charge in [0, 0.05) is 19.8 Å². The van der Waals surface area contributed by atoms with Crippen LogP contribution in [0, 0.1) is 35.2 Å². The fraction of sp³-hybridized carbons (Fsp3) is 0.561. The van der Waals surface area contributed by atoms with E-state index in [0.29, 0.717) is 6.42 Å². The number of ether oxygens (including phenoxy) is 4. The molecule has 0 saturated heterocycles. The van der Waals surface area contributed by atoms with Gasteiger partial charge in [0.2, 0.25) is 11.8 Å². The van der Waals surface area contributed by atoms with E-state index in [0.717, 1.165) is 25.6 Å². The SMILES string of the molecule is C=CC(=O)N(CC(=O)OC)CC(=O)OCC.CC(C)(C#N)SC(=S)c1ccccc1.CCOC(=O)CN(CC(=O)OC)C(=O)C(C)CC.[C-]#[N+]C(C)(C)N=NC(C)(C)C#N. The van der Waals surface area contributed by atoms with Crippen molar-refractivity contribution >= 4 is 63.9 Å². The van der Waals surface area contributed by atoms with E-state index in [1.54, 1.807) is 48.5 Å². The second kappa shape index (κ2) is 31.2. The molecular weight excluding hydrogens is 815 g/mol. The van der Waals surface area contributed by atoms with E-state index < -0.39 is 45.7 Å². The summed E-state index contributed by atoms with van der Waals surface area (Å²) in [4.78, 5) is 73.4. The summed E-state index contributed by atoms with van der Waals surface area (Å²) in [6.07, 6.45) is 1.65. The third kappa shape index (κ3) is 28.7. The monoisotopic (exact) mass is 873 g/mol. The van der Waals surface area contributed by atoms with Crippen molar-refractivity contribution in [2.75, 3.05) is 53.6 Å². The molecule has 19 heteroatoms. The van der Waals surface area contributed by atoms with E-state index in [9.17, 15) is 28.8 Å². The van der Waals surface area contributed by atoms with Gasteiger partial charge < -0.3 is 28.7 Å². The molecule has 1 atom stereocenters. The lowest BCUT2D eigenvalue weighted by atomic mass is 10.1. The number of benzene rings is 1. The summed E-state index contributed by atoms with van der Waals surface area (Å²) < 4.78 is 18.7. The molecule has 1 unspecified atom stereocenters. The number of esters is 4. The minimum atomic E-state index is -0.853. The summed E-state index contributed by atoms with van der Waals surface area (Å²) in [6, 6.07) is 14.0. The smallest absolute Gasteiger partial charge is 0.335 e. The number of hydrogen-bond donors (Lipinski definition) is 0. The first-order chi connectivity index (χ1) is 27.9. The number of amides is 2. The van der Waals surface area contributed by atoms with Crippen molar-refractivity contribution in [1.82, 2.24) is 9.80 Å². The normalized spacial score (nSPS) is 10.9. The molecule has 0 bridgehead atoms. The van der Waals surface area contributed by atoms with Gasteiger partial charge in [0.15, 0.2) is 5.54 Å². The van der Waals surface area contributed by atoms with Crippen LogP contribution in [0.5, 0.6) is 0 Å². The Balaban J connectivity index is -0.000000729. The summed E-state index contributed by atoms with van der Waals surface area (Å²) in [7, 11) is 2.43. The highest BCUT2D eigenvalue weighted by Gasteiger charge is 2.26. The Kier molecular flexibility index (Phi) is 30.5.